The highest BCUT2D eigenvalue weighted by atomic mass is 35.5. The van der Waals surface area contributed by atoms with E-state index >= 15 is 0 Å². The van der Waals surface area contributed by atoms with Crippen LogP contribution in [0.2, 0.25) is 10.0 Å². The molecule has 2 heterocycles. The van der Waals surface area contributed by atoms with Gasteiger partial charge < -0.3 is 10.2 Å². The number of carbonyl (C=O) groups is 1. The van der Waals surface area contributed by atoms with Crippen LogP contribution in [0.4, 0.5) is 10.3 Å². The Balaban J connectivity index is 1.54. The van der Waals surface area contributed by atoms with Crippen LogP contribution < -0.4 is 10.6 Å². The van der Waals surface area contributed by atoms with Gasteiger partial charge in [-0.15, -0.1) is 10.2 Å². The Hall–Kier alpha value is -1.41. The SMILES string of the molecule is O=C(Nc1nnc(NCCN2CCCC2)s1)c1c(Cl)cccc1Cl. The number of carbonyl (C=O) groups excluding carboxylic acids is 1. The summed E-state index contributed by atoms with van der Waals surface area (Å²) < 4.78 is 0. The number of aromatic nitrogens is 2. The van der Waals surface area contributed by atoms with E-state index in [4.69, 9.17) is 23.2 Å². The fourth-order valence-electron chi connectivity index (χ4n) is 2.55. The molecule has 0 saturated carbocycles. The Kier molecular flexibility index (Phi) is 5.89. The Morgan fingerprint density at radius 2 is 1.83 bits per heavy atom. The molecule has 1 aliphatic rings. The zero-order valence-electron chi connectivity index (χ0n) is 12.9. The number of nitrogens with zero attached hydrogens (tertiary/aromatic N) is 3. The van der Waals surface area contributed by atoms with Crippen molar-refractivity contribution >= 4 is 50.7 Å². The van der Waals surface area contributed by atoms with Crippen LogP contribution >= 0.6 is 34.5 Å². The van der Waals surface area contributed by atoms with Crippen molar-refractivity contribution in [3.63, 3.8) is 0 Å². The number of likely N-dealkylation sites (tertiary alicyclic amines) is 1. The van der Waals surface area contributed by atoms with Crippen LogP contribution in [0.5, 0.6) is 0 Å². The van der Waals surface area contributed by atoms with Crippen LogP contribution in [-0.4, -0.2) is 47.2 Å². The predicted octanol–water partition coefficient (Wildman–Crippen LogP) is 3.60. The smallest absolute Gasteiger partial charge is 0.260 e. The minimum atomic E-state index is -0.398. The van der Waals surface area contributed by atoms with Crippen molar-refractivity contribution in [1.29, 1.82) is 0 Å². The first-order valence-corrected chi connectivity index (χ1v) is 9.26. The summed E-state index contributed by atoms with van der Waals surface area (Å²) in [7, 11) is 0. The summed E-state index contributed by atoms with van der Waals surface area (Å²) in [4.78, 5) is 14.7. The number of benzene rings is 1. The molecule has 0 atom stereocenters. The van der Waals surface area contributed by atoms with Crippen molar-refractivity contribution in [3.05, 3.63) is 33.8 Å². The predicted molar refractivity (Wildman–Crippen MR) is 98.5 cm³/mol. The van der Waals surface area contributed by atoms with Gasteiger partial charge in [-0.25, -0.2) is 0 Å². The van der Waals surface area contributed by atoms with E-state index in [1.165, 1.54) is 24.2 Å². The van der Waals surface area contributed by atoms with Gasteiger partial charge in [0.05, 0.1) is 15.6 Å². The fraction of sp³-hybridized carbons (Fsp3) is 0.400. The van der Waals surface area contributed by atoms with E-state index in [0.29, 0.717) is 20.3 Å². The molecule has 2 aromatic rings. The Labute approximate surface area is 154 Å². The molecule has 0 aliphatic carbocycles. The number of rotatable bonds is 6. The Morgan fingerprint density at radius 1 is 1.17 bits per heavy atom. The van der Waals surface area contributed by atoms with Crippen molar-refractivity contribution in [3.8, 4) is 0 Å². The van der Waals surface area contributed by atoms with E-state index in [1.54, 1.807) is 18.2 Å². The molecule has 1 amide bonds. The summed E-state index contributed by atoms with van der Waals surface area (Å²) in [5, 5.41) is 15.6. The quantitative estimate of drug-likeness (QED) is 0.794. The van der Waals surface area contributed by atoms with Crippen LogP contribution in [0.1, 0.15) is 23.2 Å². The van der Waals surface area contributed by atoms with Gasteiger partial charge in [0.25, 0.3) is 5.91 Å². The van der Waals surface area contributed by atoms with Crippen LogP contribution in [0.3, 0.4) is 0 Å². The second kappa shape index (κ2) is 8.11. The lowest BCUT2D eigenvalue weighted by Crippen LogP contribution is -2.25. The van der Waals surface area contributed by atoms with Crippen molar-refractivity contribution < 1.29 is 4.79 Å². The number of anilines is 2. The lowest BCUT2D eigenvalue weighted by Gasteiger charge is -2.13. The van der Waals surface area contributed by atoms with Crippen molar-refractivity contribution in [2.45, 2.75) is 12.8 Å². The Bertz CT molecular complexity index is 697. The average Bonchev–Trinajstić information content (AvgIpc) is 3.19. The average molecular weight is 386 g/mol. The van der Waals surface area contributed by atoms with Crippen molar-refractivity contribution in [2.75, 3.05) is 36.8 Å². The van der Waals surface area contributed by atoms with Gasteiger partial charge >= 0.3 is 0 Å². The number of hydrogen-bond acceptors (Lipinski definition) is 6. The minimum Gasteiger partial charge on any atom is -0.359 e. The fourth-order valence-corrected chi connectivity index (χ4v) is 3.78. The molecule has 128 valence electrons. The normalized spacial score (nSPS) is 14.8. The summed E-state index contributed by atoms with van der Waals surface area (Å²) in [6.45, 7) is 4.12. The maximum absolute atomic E-state index is 12.3. The molecule has 3 rings (SSSR count). The molecule has 1 fully saturated rings. The van der Waals surface area contributed by atoms with Gasteiger partial charge in [-0.2, -0.15) is 0 Å². The van der Waals surface area contributed by atoms with E-state index in [9.17, 15) is 4.79 Å². The molecular weight excluding hydrogens is 369 g/mol. The van der Waals surface area contributed by atoms with Crippen LogP contribution in [0, 0.1) is 0 Å². The molecule has 6 nitrogen and oxygen atoms in total. The zero-order chi connectivity index (χ0) is 16.9. The third kappa shape index (κ3) is 4.36. The molecule has 9 heteroatoms. The first kappa shape index (κ1) is 17.4. The molecule has 1 aliphatic heterocycles. The van der Waals surface area contributed by atoms with Gasteiger partial charge in [-0.05, 0) is 38.1 Å². The third-order valence-corrected chi connectivity index (χ3v) is 5.16. The lowest BCUT2D eigenvalue weighted by molar-refractivity contribution is 0.102. The molecule has 2 N–H and O–H groups in total. The van der Waals surface area contributed by atoms with E-state index in [0.717, 1.165) is 26.2 Å². The molecule has 1 saturated heterocycles. The third-order valence-electron chi connectivity index (χ3n) is 3.74. The molecular formula is C15H17Cl2N5OS. The van der Waals surface area contributed by atoms with Crippen LogP contribution in [0.25, 0.3) is 0 Å². The molecule has 1 aromatic carbocycles. The van der Waals surface area contributed by atoms with Gasteiger partial charge in [0.1, 0.15) is 0 Å². The van der Waals surface area contributed by atoms with Crippen LogP contribution in [0.15, 0.2) is 18.2 Å². The minimum absolute atomic E-state index is 0.236. The largest absolute Gasteiger partial charge is 0.359 e. The zero-order valence-corrected chi connectivity index (χ0v) is 15.2. The van der Waals surface area contributed by atoms with E-state index in [-0.39, 0.29) is 5.56 Å². The van der Waals surface area contributed by atoms with Gasteiger partial charge in [-0.3, -0.25) is 10.1 Å². The number of halogens is 2. The monoisotopic (exact) mass is 385 g/mol. The highest BCUT2D eigenvalue weighted by Gasteiger charge is 2.17. The van der Waals surface area contributed by atoms with E-state index in [1.807, 2.05) is 0 Å². The molecule has 0 unspecified atom stereocenters. The number of nitrogens with one attached hydrogen (secondary N) is 2. The van der Waals surface area contributed by atoms with Gasteiger partial charge in [-0.1, -0.05) is 40.6 Å². The molecule has 0 spiro atoms. The van der Waals surface area contributed by atoms with Gasteiger partial charge in [0.15, 0.2) is 0 Å². The second-order valence-corrected chi connectivity index (χ2v) is 7.23. The summed E-state index contributed by atoms with van der Waals surface area (Å²) >= 11 is 13.3. The molecule has 1 aromatic heterocycles. The topological polar surface area (TPSA) is 70.1 Å². The first-order chi connectivity index (χ1) is 11.6. The lowest BCUT2D eigenvalue weighted by atomic mass is 10.2. The highest BCUT2D eigenvalue weighted by Crippen LogP contribution is 2.26. The van der Waals surface area contributed by atoms with E-state index < -0.39 is 5.91 Å². The highest BCUT2D eigenvalue weighted by molar-refractivity contribution is 7.19. The maximum Gasteiger partial charge on any atom is 0.260 e. The second-order valence-electron chi connectivity index (χ2n) is 5.44. The Morgan fingerprint density at radius 3 is 2.54 bits per heavy atom. The summed E-state index contributed by atoms with van der Waals surface area (Å²) in [6, 6.07) is 4.93. The van der Waals surface area contributed by atoms with E-state index in [2.05, 4.69) is 25.7 Å². The standard InChI is InChI=1S/C15H17Cl2N5OS/c16-10-4-3-5-11(17)12(10)13(23)19-15-21-20-14(24-15)18-6-9-22-7-1-2-8-22/h3-5H,1-2,6-9H2,(H,18,20)(H,19,21,23). The van der Waals surface area contributed by atoms with Gasteiger partial charge in [0, 0.05) is 13.1 Å². The first-order valence-electron chi connectivity index (χ1n) is 7.68. The summed E-state index contributed by atoms with van der Waals surface area (Å²) in [5.74, 6) is -0.398. The summed E-state index contributed by atoms with van der Waals surface area (Å²) in [6.07, 6.45) is 2.55. The van der Waals surface area contributed by atoms with Gasteiger partial charge in [0.2, 0.25) is 10.3 Å². The summed E-state index contributed by atoms with van der Waals surface area (Å²) in [5.41, 5.74) is 0.236. The molecule has 24 heavy (non-hydrogen) atoms. The number of hydrogen-bond donors (Lipinski definition) is 2. The molecule has 0 bridgehead atoms. The van der Waals surface area contributed by atoms with Crippen LogP contribution in [-0.2, 0) is 0 Å². The number of amides is 1. The van der Waals surface area contributed by atoms with Crippen molar-refractivity contribution in [1.82, 2.24) is 15.1 Å². The van der Waals surface area contributed by atoms with Crippen molar-refractivity contribution in [2.24, 2.45) is 0 Å². The molecule has 0 radical (unpaired) electrons. The maximum atomic E-state index is 12.3.